The maximum atomic E-state index is 4.19. The molecule has 0 aliphatic carbocycles. The summed E-state index contributed by atoms with van der Waals surface area (Å²) in [4.78, 5) is 0. The van der Waals surface area contributed by atoms with Crippen molar-refractivity contribution in [2.45, 2.75) is 32.2 Å². The summed E-state index contributed by atoms with van der Waals surface area (Å²) < 4.78 is 1.88. The number of aryl methyl sites for hydroxylation is 1. The lowest BCUT2D eigenvalue weighted by Crippen LogP contribution is -2.29. The first kappa shape index (κ1) is 9.71. The summed E-state index contributed by atoms with van der Waals surface area (Å²) in [6.45, 7) is 3.53. The molecule has 3 nitrogen and oxygen atoms in total. The lowest BCUT2D eigenvalue weighted by molar-refractivity contribution is 0.417. The largest absolute Gasteiger partial charge is 0.314 e. The molecule has 3 heteroatoms. The molecule has 0 spiro atoms. The van der Waals surface area contributed by atoms with Crippen molar-refractivity contribution in [1.29, 1.82) is 0 Å². The average molecular weight is 193 g/mol. The third-order valence-electron chi connectivity index (χ3n) is 3.10. The molecule has 2 rings (SSSR count). The van der Waals surface area contributed by atoms with Gasteiger partial charge in [-0.1, -0.05) is 6.92 Å². The Morgan fingerprint density at radius 3 is 3.14 bits per heavy atom. The first-order valence-corrected chi connectivity index (χ1v) is 5.46. The minimum atomic E-state index is 0.718. The minimum absolute atomic E-state index is 0.718. The maximum Gasteiger partial charge on any atom is 0.0521 e. The van der Waals surface area contributed by atoms with Crippen molar-refractivity contribution >= 4 is 0 Å². The molecule has 14 heavy (non-hydrogen) atoms. The Bertz CT molecular complexity index is 286. The number of rotatable bonds is 3. The van der Waals surface area contributed by atoms with E-state index in [0.717, 1.165) is 18.4 Å². The number of nitrogens with zero attached hydrogens (tertiary/aromatic N) is 2. The van der Waals surface area contributed by atoms with Crippen LogP contribution in [0.15, 0.2) is 12.4 Å². The fourth-order valence-electron chi connectivity index (χ4n) is 2.29. The first-order valence-electron chi connectivity index (χ1n) is 5.46. The van der Waals surface area contributed by atoms with Gasteiger partial charge in [-0.25, -0.2) is 0 Å². The van der Waals surface area contributed by atoms with Crippen molar-refractivity contribution in [3.63, 3.8) is 0 Å². The van der Waals surface area contributed by atoms with E-state index in [-0.39, 0.29) is 0 Å². The molecule has 0 amide bonds. The van der Waals surface area contributed by atoms with E-state index in [2.05, 4.69) is 23.5 Å². The van der Waals surface area contributed by atoms with Gasteiger partial charge in [0.15, 0.2) is 0 Å². The van der Waals surface area contributed by atoms with E-state index >= 15 is 0 Å². The van der Waals surface area contributed by atoms with Gasteiger partial charge in [-0.05, 0) is 37.3 Å². The van der Waals surface area contributed by atoms with Crippen molar-refractivity contribution in [3.05, 3.63) is 18.0 Å². The fourth-order valence-corrected chi connectivity index (χ4v) is 2.29. The van der Waals surface area contributed by atoms with Gasteiger partial charge in [0.05, 0.1) is 6.20 Å². The molecule has 0 aromatic carbocycles. The highest BCUT2D eigenvalue weighted by atomic mass is 15.2. The van der Waals surface area contributed by atoms with Crippen LogP contribution in [0.25, 0.3) is 0 Å². The zero-order chi connectivity index (χ0) is 9.97. The van der Waals surface area contributed by atoms with Crippen molar-refractivity contribution in [2.24, 2.45) is 13.0 Å². The molecular weight excluding hydrogens is 174 g/mol. The predicted molar refractivity (Wildman–Crippen MR) is 57.1 cm³/mol. The van der Waals surface area contributed by atoms with E-state index in [0.29, 0.717) is 0 Å². The molecule has 1 aliphatic rings. The lowest BCUT2D eigenvalue weighted by atomic mass is 9.94. The minimum Gasteiger partial charge on any atom is -0.314 e. The molecule has 2 atom stereocenters. The van der Waals surface area contributed by atoms with E-state index in [1.54, 1.807) is 0 Å². The second-order valence-corrected chi connectivity index (χ2v) is 4.41. The van der Waals surface area contributed by atoms with Gasteiger partial charge in [-0.2, -0.15) is 5.10 Å². The summed E-state index contributed by atoms with van der Waals surface area (Å²) in [6.07, 6.45) is 7.91. The standard InChI is InChI=1S/C11H19N3/c1-9(11-4-3-5-12-11)6-10-7-13-14(2)8-10/h7-9,11-12H,3-6H2,1-2H3. The van der Waals surface area contributed by atoms with E-state index in [9.17, 15) is 0 Å². The zero-order valence-electron chi connectivity index (χ0n) is 9.03. The van der Waals surface area contributed by atoms with Gasteiger partial charge in [0.25, 0.3) is 0 Å². The number of aromatic nitrogens is 2. The van der Waals surface area contributed by atoms with Gasteiger partial charge in [-0.15, -0.1) is 0 Å². The van der Waals surface area contributed by atoms with Crippen LogP contribution in [0.2, 0.25) is 0 Å². The Hall–Kier alpha value is -0.830. The van der Waals surface area contributed by atoms with E-state index in [1.165, 1.54) is 24.9 Å². The summed E-state index contributed by atoms with van der Waals surface area (Å²) in [5.41, 5.74) is 1.36. The molecule has 1 fully saturated rings. The summed E-state index contributed by atoms with van der Waals surface area (Å²) >= 11 is 0. The highest BCUT2D eigenvalue weighted by Gasteiger charge is 2.21. The van der Waals surface area contributed by atoms with Crippen LogP contribution in [-0.2, 0) is 13.5 Å². The Kier molecular flexibility index (Phi) is 2.87. The van der Waals surface area contributed by atoms with Crippen LogP contribution in [0.1, 0.15) is 25.3 Å². The highest BCUT2D eigenvalue weighted by Crippen LogP contribution is 2.18. The average Bonchev–Trinajstić information content (AvgIpc) is 2.75. The summed E-state index contributed by atoms with van der Waals surface area (Å²) in [6, 6.07) is 0.718. The molecule has 0 radical (unpaired) electrons. The van der Waals surface area contributed by atoms with Crippen LogP contribution in [0.5, 0.6) is 0 Å². The predicted octanol–water partition coefficient (Wildman–Crippen LogP) is 1.35. The van der Waals surface area contributed by atoms with E-state index in [1.807, 2.05) is 17.9 Å². The van der Waals surface area contributed by atoms with Crippen LogP contribution in [0.3, 0.4) is 0 Å². The molecule has 1 saturated heterocycles. The Labute approximate surface area is 85.5 Å². The molecule has 1 aromatic heterocycles. The van der Waals surface area contributed by atoms with Crippen molar-refractivity contribution in [2.75, 3.05) is 6.54 Å². The highest BCUT2D eigenvalue weighted by molar-refractivity contribution is 5.05. The number of nitrogens with one attached hydrogen (secondary N) is 1. The van der Waals surface area contributed by atoms with Crippen LogP contribution >= 0.6 is 0 Å². The van der Waals surface area contributed by atoms with Gasteiger partial charge in [0.1, 0.15) is 0 Å². The van der Waals surface area contributed by atoms with Crippen LogP contribution in [-0.4, -0.2) is 22.4 Å². The SMILES string of the molecule is CC(Cc1cnn(C)c1)C1CCCN1. The first-order chi connectivity index (χ1) is 6.75. The Balaban J connectivity index is 1.90. The molecule has 78 valence electrons. The third kappa shape index (κ3) is 2.15. The van der Waals surface area contributed by atoms with E-state index in [4.69, 9.17) is 0 Å². The van der Waals surface area contributed by atoms with Crippen molar-refractivity contribution in [3.8, 4) is 0 Å². The van der Waals surface area contributed by atoms with E-state index < -0.39 is 0 Å². The summed E-state index contributed by atoms with van der Waals surface area (Å²) in [5, 5.41) is 7.75. The maximum absolute atomic E-state index is 4.19. The second kappa shape index (κ2) is 4.13. The Morgan fingerprint density at radius 1 is 1.71 bits per heavy atom. The van der Waals surface area contributed by atoms with Gasteiger partial charge in [-0.3, -0.25) is 4.68 Å². The zero-order valence-corrected chi connectivity index (χ0v) is 9.03. The molecule has 2 unspecified atom stereocenters. The normalized spacial score (nSPS) is 24.0. The molecule has 0 saturated carbocycles. The fraction of sp³-hybridized carbons (Fsp3) is 0.727. The molecule has 1 N–H and O–H groups in total. The molecule has 2 heterocycles. The van der Waals surface area contributed by atoms with Gasteiger partial charge in [0.2, 0.25) is 0 Å². The lowest BCUT2D eigenvalue weighted by Gasteiger charge is -2.18. The number of hydrogen-bond acceptors (Lipinski definition) is 2. The van der Waals surface area contributed by atoms with Crippen molar-refractivity contribution < 1.29 is 0 Å². The van der Waals surface area contributed by atoms with Crippen LogP contribution in [0, 0.1) is 5.92 Å². The van der Waals surface area contributed by atoms with Gasteiger partial charge in [0, 0.05) is 19.3 Å². The third-order valence-corrected chi connectivity index (χ3v) is 3.10. The van der Waals surface area contributed by atoms with Gasteiger partial charge >= 0.3 is 0 Å². The van der Waals surface area contributed by atoms with Gasteiger partial charge < -0.3 is 5.32 Å². The van der Waals surface area contributed by atoms with Crippen molar-refractivity contribution in [1.82, 2.24) is 15.1 Å². The smallest absolute Gasteiger partial charge is 0.0521 e. The van der Waals surface area contributed by atoms with Crippen LogP contribution < -0.4 is 5.32 Å². The number of hydrogen-bond donors (Lipinski definition) is 1. The topological polar surface area (TPSA) is 29.9 Å². The monoisotopic (exact) mass is 193 g/mol. The van der Waals surface area contributed by atoms with Crippen LogP contribution in [0.4, 0.5) is 0 Å². The second-order valence-electron chi connectivity index (χ2n) is 4.41. The molecule has 0 bridgehead atoms. The summed E-state index contributed by atoms with van der Waals surface area (Å²) in [7, 11) is 1.97. The Morgan fingerprint density at radius 2 is 2.57 bits per heavy atom. The molecule has 1 aliphatic heterocycles. The quantitative estimate of drug-likeness (QED) is 0.785. The molecular formula is C11H19N3. The molecule has 1 aromatic rings. The summed E-state index contributed by atoms with van der Waals surface area (Å²) in [5.74, 6) is 0.724.